The van der Waals surface area contributed by atoms with Crippen molar-refractivity contribution in [2.45, 2.75) is 12.6 Å². The molecule has 0 spiro atoms. The number of nitrogens with zero attached hydrogens (tertiary/aromatic N) is 1. The van der Waals surface area contributed by atoms with Gasteiger partial charge in [0.15, 0.2) is 0 Å². The van der Waals surface area contributed by atoms with Gasteiger partial charge in [-0.2, -0.15) is 0 Å². The molecule has 0 saturated carbocycles. The van der Waals surface area contributed by atoms with Gasteiger partial charge in [-0.1, -0.05) is 60.7 Å². The van der Waals surface area contributed by atoms with Crippen molar-refractivity contribution in [2.24, 2.45) is 0 Å². The van der Waals surface area contributed by atoms with Crippen LogP contribution in [0.2, 0.25) is 0 Å². The number of rotatable bonds is 9. The molecular formula is C28H26N4O4. The van der Waals surface area contributed by atoms with Crippen LogP contribution < -0.4 is 25.4 Å². The highest BCUT2D eigenvalue weighted by molar-refractivity contribution is 5.97. The fourth-order valence-electron chi connectivity index (χ4n) is 3.41. The van der Waals surface area contributed by atoms with Crippen molar-refractivity contribution in [2.75, 3.05) is 12.4 Å². The standard InChI is InChI=1S/C28H26N4O4/c1-35-23-13-8-14-24(17-23)36-25-16-15-20(18-29-25)19-30-28(34)32-26(21-9-4-2-5-10-21)27(33)31-22-11-6-3-7-12-22/h2-18,26H,19H2,1H3,(H,31,33)(H2,30,32,34). The van der Waals surface area contributed by atoms with Gasteiger partial charge in [-0.25, -0.2) is 9.78 Å². The number of nitrogens with one attached hydrogen (secondary N) is 3. The molecule has 1 aromatic heterocycles. The first kappa shape index (κ1) is 24.3. The van der Waals surface area contributed by atoms with E-state index in [-0.39, 0.29) is 12.5 Å². The molecule has 8 heteroatoms. The number of pyridine rings is 1. The van der Waals surface area contributed by atoms with Gasteiger partial charge in [0.2, 0.25) is 5.88 Å². The number of ether oxygens (including phenoxy) is 2. The van der Waals surface area contributed by atoms with Crippen molar-refractivity contribution in [3.8, 4) is 17.4 Å². The number of hydrogen-bond acceptors (Lipinski definition) is 5. The molecule has 1 unspecified atom stereocenters. The van der Waals surface area contributed by atoms with Crippen LogP contribution in [-0.2, 0) is 11.3 Å². The number of anilines is 1. The Morgan fingerprint density at radius 3 is 2.28 bits per heavy atom. The van der Waals surface area contributed by atoms with E-state index in [0.717, 1.165) is 5.56 Å². The van der Waals surface area contributed by atoms with E-state index in [9.17, 15) is 9.59 Å². The van der Waals surface area contributed by atoms with Crippen molar-refractivity contribution in [3.63, 3.8) is 0 Å². The molecule has 4 aromatic rings. The van der Waals surface area contributed by atoms with E-state index >= 15 is 0 Å². The van der Waals surface area contributed by atoms with E-state index in [1.165, 1.54) is 0 Å². The quantitative estimate of drug-likeness (QED) is 0.310. The van der Waals surface area contributed by atoms with E-state index in [1.807, 2.05) is 48.5 Å². The van der Waals surface area contributed by atoms with Crippen LogP contribution >= 0.6 is 0 Å². The number of amides is 3. The van der Waals surface area contributed by atoms with Crippen LogP contribution in [0.5, 0.6) is 17.4 Å². The summed E-state index contributed by atoms with van der Waals surface area (Å²) in [5.41, 5.74) is 2.09. The number of aromatic nitrogens is 1. The molecule has 0 aliphatic carbocycles. The lowest BCUT2D eigenvalue weighted by atomic mass is 10.1. The van der Waals surface area contributed by atoms with E-state index in [4.69, 9.17) is 9.47 Å². The van der Waals surface area contributed by atoms with Crippen LogP contribution in [-0.4, -0.2) is 24.0 Å². The molecule has 1 atom stereocenters. The molecule has 3 amide bonds. The zero-order chi connectivity index (χ0) is 25.2. The van der Waals surface area contributed by atoms with Crippen LogP contribution in [0.3, 0.4) is 0 Å². The van der Waals surface area contributed by atoms with Gasteiger partial charge in [-0.05, 0) is 35.4 Å². The Kier molecular flexibility index (Phi) is 8.11. The van der Waals surface area contributed by atoms with Crippen molar-refractivity contribution < 1.29 is 19.1 Å². The minimum absolute atomic E-state index is 0.222. The van der Waals surface area contributed by atoms with E-state index < -0.39 is 12.1 Å². The third-order valence-corrected chi connectivity index (χ3v) is 5.23. The normalized spacial score (nSPS) is 11.1. The summed E-state index contributed by atoms with van der Waals surface area (Å²) < 4.78 is 10.9. The Morgan fingerprint density at radius 2 is 1.58 bits per heavy atom. The number of carbonyl (C=O) groups is 2. The van der Waals surface area contributed by atoms with Crippen molar-refractivity contribution >= 4 is 17.6 Å². The second-order valence-electron chi connectivity index (χ2n) is 7.81. The Balaban J connectivity index is 1.35. The van der Waals surface area contributed by atoms with E-state index in [0.29, 0.717) is 28.6 Å². The lowest BCUT2D eigenvalue weighted by Crippen LogP contribution is -2.42. The average molecular weight is 483 g/mol. The number of benzene rings is 3. The predicted octanol–water partition coefficient (Wildman–Crippen LogP) is 5.06. The minimum Gasteiger partial charge on any atom is -0.497 e. The lowest BCUT2D eigenvalue weighted by Gasteiger charge is -2.19. The van der Waals surface area contributed by atoms with E-state index in [1.54, 1.807) is 61.8 Å². The Bertz CT molecular complexity index is 1280. The molecule has 4 rings (SSSR count). The molecule has 0 aliphatic heterocycles. The topological polar surface area (TPSA) is 102 Å². The van der Waals surface area contributed by atoms with Crippen molar-refractivity contribution in [1.29, 1.82) is 0 Å². The van der Waals surface area contributed by atoms with Crippen LogP contribution in [0.25, 0.3) is 0 Å². The smallest absolute Gasteiger partial charge is 0.315 e. The average Bonchev–Trinajstić information content (AvgIpc) is 2.92. The summed E-state index contributed by atoms with van der Waals surface area (Å²) in [5.74, 6) is 1.36. The molecule has 36 heavy (non-hydrogen) atoms. The molecule has 3 N–H and O–H groups in total. The van der Waals surface area contributed by atoms with Gasteiger partial charge < -0.3 is 25.4 Å². The fraction of sp³-hybridized carbons (Fsp3) is 0.107. The Morgan fingerprint density at radius 1 is 0.861 bits per heavy atom. The maximum Gasteiger partial charge on any atom is 0.315 e. The number of para-hydroxylation sites is 1. The number of hydrogen-bond donors (Lipinski definition) is 3. The highest BCUT2D eigenvalue weighted by Gasteiger charge is 2.22. The summed E-state index contributed by atoms with van der Waals surface area (Å²) in [7, 11) is 1.59. The highest BCUT2D eigenvalue weighted by atomic mass is 16.5. The Labute approximate surface area is 209 Å². The second kappa shape index (κ2) is 12.0. The molecular weight excluding hydrogens is 456 g/mol. The molecule has 8 nitrogen and oxygen atoms in total. The molecule has 0 saturated heterocycles. The first-order valence-corrected chi connectivity index (χ1v) is 11.3. The fourth-order valence-corrected chi connectivity index (χ4v) is 3.41. The summed E-state index contributed by atoms with van der Waals surface area (Å²) in [5, 5.41) is 8.37. The molecule has 0 fully saturated rings. The van der Waals surface area contributed by atoms with Crippen LogP contribution in [0.1, 0.15) is 17.2 Å². The SMILES string of the molecule is COc1cccc(Oc2ccc(CNC(=O)NC(C(=O)Nc3ccccc3)c3ccccc3)cn2)c1. The number of methoxy groups -OCH3 is 1. The Hall–Kier alpha value is -4.85. The van der Waals surface area contributed by atoms with Gasteiger partial charge >= 0.3 is 6.03 Å². The maximum atomic E-state index is 13.0. The van der Waals surface area contributed by atoms with Gasteiger partial charge in [-0.15, -0.1) is 0 Å². The monoisotopic (exact) mass is 482 g/mol. The van der Waals surface area contributed by atoms with Gasteiger partial charge in [0.05, 0.1) is 7.11 Å². The molecule has 0 radical (unpaired) electrons. The summed E-state index contributed by atoms with van der Waals surface area (Å²) in [6.07, 6.45) is 1.62. The highest BCUT2D eigenvalue weighted by Crippen LogP contribution is 2.24. The van der Waals surface area contributed by atoms with Gasteiger partial charge in [0.1, 0.15) is 17.5 Å². The summed E-state index contributed by atoms with van der Waals surface area (Å²) in [4.78, 5) is 29.9. The van der Waals surface area contributed by atoms with E-state index in [2.05, 4.69) is 20.9 Å². The second-order valence-corrected chi connectivity index (χ2v) is 7.81. The number of urea groups is 1. The first-order chi connectivity index (χ1) is 17.6. The molecule has 1 heterocycles. The summed E-state index contributed by atoms with van der Waals surface area (Å²) in [6.45, 7) is 0.222. The zero-order valence-electron chi connectivity index (χ0n) is 19.7. The van der Waals surface area contributed by atoms with Gasteiger partial charge in [0, 0.05) is 30.6 Å². The third-order valence-electron chi connectivity index (χ3n) is 5.23. The van der Waals surface area contributed by atoms with Crippen molar-refractivity contribution in [3.05, 3.63) is 114 Å². The lowest BCUT2D eigenvalue weighted by molar-refractivity contribution is -0.118. The predicted molar refractivity (Wildman–Crippen MR) is 137 cm³/mol. The summed E-state index contributed by atoms with van der Waals surface area (Å²) in [6, 6.07) is 27.6. The molecule has 0 bridgehead atoms. The number of carbonyl (C=O) groups excluding carboxylic acids is 2. The molecule has 0 aliphatic rings. The van der Waals surface area contributed by atoms with Gasteiger partial charge in [0.25, 0.3) is 5.91 Å². The van der Waals surface area contributed by atoms with Gasteiger partial charge in [-0.3, -0.25) is 4.79 Å². The zero-order valence-corrected chi connectivity index (χ0v) is 19.7. The summed E-state index contributed by atoms with van der Waals surface area (Å²) >= 11 is 0. The van der Waals surface area contributed by atoms with Crippen LogP contribution in [0, 0.1) is 0 Å². The molecule has 3 aromatic carbocycles. The largest absolute Gasteiger partial charge is 0.497 e. The first-order valence-electron chi connectivity index (χ1n) is 11.3. The van der Waals surface area contributed by atoms with Crippen molar-refractivity contribution in [1.82, 2.24) is 15.6 Å². The van der Waals surface area contributed by atoms with Crippen LogP contribution in [0.4, 0.5) is 10.5 Å². The minimum atomic E-state index is -0.872. The maximum absolute atomic E-state index is 13.0. The third kappa shape index (κ3) is 6.83. The molecule has 182 valence electrons. The van der Waals surface area contributed by atoms with Crippen LogP contribution in [0.15, 0.2) is 103 Å².